The molecule has 1 aliphatic rings. The first-order valence-electron chi connectivity index (χ1n) is 11.6. The van der Waals surface area contributed by atoms with Crippen molar-refractivity contribution in [2.45, 2.75) is 32.7 Å². The predicted molar refractivity (Wildman–Crippen MR) is 128 cm³/mol. The van der Waals surface area contributed by atoms with Gasteiger partial charge in [0.15, 0.2) is 11.4 Å². The molecule has 1 aliphatic heterocycles. The van der Waals surface area contributed by atoms with Crippen LogP contribution in [0.25, 0.3) is 22.5 Å². The lowest BCUT2D eigenvalue weighted by molar-refractivity contribution is 0.0539. The van der Waals surface area contributed by atoms with Gasteiger partial charge in [-0.3, -0.25) is 4.79 Å². The zero-order chi connectivity index (χ0) is 24.5. The molecule has 0 bridgehead atoms. The molecule has 1 fully saturated rings. The Bertz CT molecular complexity index is 1380. The standard InChI is InChI=1S/C26H25F2N5O2/c1-15-5-3-12-33(20(15)14-31-26-32-19-13-17(27)7-9-21(19)35-26)25(34)22-16(2)6-8-18(28)23(22)24-29-10-4-11-30-24/h4,6-11,13,15,20H,3,5,12,14H2,1-2H3,(H,31,32). The number of nitrogens with one attached hydrogen (secondary N) is 1. The number of likely N-dealkylation sites (tertiary alicyclic amines) is 1. The maximum absolute atomic E-state index is 15.0. The van der Waals surface area contributed by atoms with Crippen LogP contribution < -0.4 is 5.32 Å². The highest BCUT2D eigenvalue weighted by atomic mass is 19.1. The molecule has 2 aromatic carbocycles. The molecule has 0 saturated carbocycles. The van der Waals surface area contributed by atoms with Gasteiger partial charge >= 0.3 is 0 Å². The molecule has 0 radical (unpaired) electrons. The summed E-state index contributed by atoms with van der Waals surface area (Å²) < 4.78 is 34.2. The number of amides is 1. The highest BCUT2D eigenvalue weighted by molar-refractivity contribution is 6.02. The fourth-order valence-electron chi connectivity index (χ4n) is 4.73. The maximum atomic E-state index is 15.0. The van der Waals surface area contributed by atoms with E-state index in [1.165, 1.54) is 36.7 Å². The van der Waals surface area contributed by atoms with Crippen LogP contribution >= 0.6 is 0 Å². The summed E-state index contributed by atoms with van der Waals surface area (Å²) in [6, 6.07) is 8.82. The minimum Gasteiger partial charge on any atom is -0.424 e. The van der Waals surface area contributed by atoms with E-state index in [1.54, 1.807) is 24.0 Å². The van der Waals surface area contributed by atoms with Crippen molar-refractivity contribution >= 4 is 23.0 Å². The average molecular weight is 478 g/mol. The molecule has 2 atom stereocenters. The quantitative estimate of drug-likeness (QED) is 0.424. The fraction of sp³-hybridized carbons (Fsp3) is 0.308. The largest absolute Gasteiger partial charge is 0.424 e. The van der Waals surface area contributed by atoms with Crippen molar-refractivity contribution in [2.24, 2.45) is 5.92 Å². The Morgan fingerprint density at radius 3 is 2.80 bits per heavy atom. The van der Waals surface area contributed by atoms with Crippen LogP contribution in [0, 0.1) is 24.5 Å². The summed E-state index contributed by atoms with van der Waals surface area (Å²) in [6.45, 7) is 4.80. The summed E-state index contributed by atoms with van der Waals surface area (Å²) in [6.07, 6.45) is 4.85. The Kier molecular flexibility index (Phi) is 6.15. The van der Waals surface area contributed by atoms with E-state index in [0.717, 1.165) is 12.8 Å². The zero-order valence-corrected chi connectivity index (χ0v) is 19.5. The third-order valence-corrected chi connectivity index (χ3v) is 6.55. The first-order chi connectivity index (χ1) is 16.9. The van der Waals surface area contributed by atoms with Gasteiger partial charge in [0, 0.05) is 31.5 Å². The number of oxazole rings is 1. The first kappa shape index (κ1) is 22.9. The van der Waals surface area contributed by atoms with Crippen LogP contribution in [0.4, 0.5) is 14.8 Å². The smallest absolute Gasteiger partial charge is 0.295 e. The van der Waals surface area contributed by atoms with E-state index in [1.807, 2.05) is 0 Å². The van der Waals surface area contributed by atoms with Gasteiger partial charge in [-0.15, -0.1) is 0 Å². The number of anilines is 1. The van der Waals surface area contributed by atoms with Crippen molar-refractivity contribution in [3.63, 3.8) is 0 Å². The lowest BCUT2D eigenvalue weighted by Crippen LogP contribution is -2.51. The average Bonchev–Trinajstić information content (AvgIpc) is 3.26. The number of fused-ring (bicyclic) bond motifs is 1. The molecule has 0 aliphatic carbocycles. The number of aromatic nitrogens is 3. The number of rotatable bonds is 5. The second-order valence-corrected chi connectivity index (χ2v) is 8.88. The van der Waals surface area contributed by atoms with Crippen LogP contribution in [0.2, 0.25) is 0 Å². The normalized spacial score (nSPS) is 18.1. The van der Waals surface area contributed by atoms with E-state index in [-0.39, 0.29) is 40.8 Å². The Labute approximate surface area is 201 Å². The number of carbonyl (C=O) groups is 1. The van der Waals surface area contributed by atoms with Gasteiger partial charge in [0.05, 0.1) is 17.2 Å². The maximum Gasteiger partial charge on any atom is 0.295 e. The lowest BCUT2D eigenvalue weighted by atomic mass is 9.89. The highest BCUT2D eigenvalue weighted by Crippen LogP contribution is 2.32. The Morgan fingerprint density at radius 2 is 2.00 bits per heavy atom. The molecule has 5 rings (SSSR count). The van der Waals surface area contributed by atoms with Crippen LogP contribution in [0.15, 0.2) is 53.2 Å². The molecule has 35 heavy (non-hydrogen) atoms. The molecule has 4 aromatic rings. The van der Waals surface area contributed by atoms with Gasteiger partial charge < -0.3 is 14.6 Å². The van der Waals surface area contributed by atoms with Crippen molar-refractivity contribution in [1.29, 1.82) is 0 Å². The molecule has 7 nitrogen and oxygen atoms in total. The van der Waals surface area contributed by atoms with Gasteiger partial charge in [-0.05, 0) is 55.5 Å². The number of piperidine rings is 1. The molecule has 1 saturated heterocycles. The molecule has 180 valence electrons. The van der Waals surface area contributed by atoms with Gasteiger partial charge in [0.1, 0.15) is 17.2 Å². The molecular weight excluding hydrogens is 452 g/mol. The van der Waals surface area contributed by atoms with Crippen LogP contribution in [0.1, 0.15) is 35.7 Å². The molecule has 2 unspecified atom stereocenters. The summed E-state index contributed by atoms with van der Waals surface area (Å²) in [5.41, 5.74) is 1.93. The van der Waals surface area contributed by atoms with E-state index >= 15 is 4.39 Å². The second-order valence-electron chi connectivity index (χ2n) is 8.88. The SMILES string of the molecule is Cc1ccc(F)c(-c2ncccn2)c1C(=O)N1CCCC(C)C1CNc1nc2cc(F)ccc2o1. The zero-order valence-electron chi connectivity index (χ0n) is 19.5. The minimum absolute atomic E-state index is 0.113. The van der Waals surface area contributed by atoms with E-state index in [0.29, 0.717) is 29.8 Å². The van der Waals surface area contributed by atoms with Crippen molar-refractivity contribution in [1.82, 2.24) is 19.9 Å². The second kappa shape index (κ2) is 9.40. The summed E-state index contributed by atoms with van der Waals surface area (Å²) in [4.78, 5) is 28.4. The Balaban J connectivity index is 1.45. The van der Waals surface area contributed by atoms with Gasteiger partial charge in [0.2, 0.25) is 0 Å². The summed E-state index contributed by atoms with van der Waals surface area (Å²) in [5.74, 6) is -0.826. The topological polar surface area (TPSA) is 84.2 Å². The van der Waals surface area contributed by atoms with E-state index in [4.69, 9.17) is 4.42 Å². The van der Waals surface area contributed by atoms with E-state index in [2.05, 4.69) is 27.2 Å². The van der Waals surface area contributed by atoms with Gasteiger partial charge in [0.25, 0.3) is 11.9 Å². The molecular formula is C26H25F2N5O2. The molecule has 0 spiro atoms. The number of benzene rings is 2. The van der Waals surface area contributed by atoms with Crippen LogP contribution in [0.5, 0.6) is 0 Å². The summed E-state index contributed by atoms with van der Waals surface area (Å²) in [7, 11) is 0. The van der Waals surface area contributed by atoms with Crippen molar-refractivity contribution in [3.8, 4) is 11.4 Å². The molecule has 3 heterocycles. The highest BCUT2D eigenvalue weighted by Gasteiger charge is 2.35. The van der Waals surface area contributed by atoms with Crippen LogP contribution in [-0.4, -0.2) is 44.9 Å². The Hall–Kier alpha value is -3.88. The van der Waals surface area contributed by atoms with Gasteiger partial charge in [-0.2, -0.15) is 4.98 Å². The van der Waals surface area contributed by atoms with Crippen LogP contribution in [-0.2, 0) is 0 Å². The third kappa shape index (κ3) is 4.45. The van der Waals surface area contributed by atoms with Crippen molar-refractivity contribution in [2.75, 3.05) is 18.4 Å². The fourth-order valence-corrected chi connectivity index (χ4v) is 4.73. The minimum atomic E-state index is -0.538. The number of aryl methyl sites for hydroxylation is 1. The first-order valence-corrected chi connectivity index (χ1v) is 11.6. The number of carbonyl (C=O) groups excluding carboxylic acids is 1. The van der Waals surface area contributed by atoms with E-state index in [9.17, 15) is 9.18 Å². The number of hydrogen-bond donors (Lipinski definition) is 1. The van der Waals surface area contributed by atoms with E-state index < -0.39 is 11.6 Å². The van der Waals surface area contributed by atoms with Crippen molar-refractivity contribution in [3.05, 3.63) is 71.6 Å². The molecule has 1 N–H and O–H groups in total. The number of hydrogen-bond acceptors (Lipinski definition) is 6. The number of nitrogens with zero attached hydrogens (tertiary/aromatic N) is 4. The predicted octanol–water partition coefficient (Wildman–Crippen LogP) is 5.22. The molecule has 1 amide bonds. The number of halogens is 2. The van der Waals surface area contributed by atoms with Crippen LogP contribution in [0.3, 0.4) is 0 Å². The van der Waals surface area contributed by atoms with Gasteiger partial charge in [-0.1, -0.05) is 13.0 Å². The van der Waals surface area contributed by atoms with Gasteiger partial charge in [-0.25, -0.2) is 18.7 Å². The lowest BCUT2D eigenvalue weighted by Gasteiger charge is -2.40. The third-order valence-electron chi connectivity index (χ3n) is 6.55. The summed E-state index contributed by atoms with van der Waals surface area (Å²) in [5, 5.41) is 3.17. The Morgan fingerprint density at radius 1 is 1.20 bits per heavy atom. The monoisotopic (exact) mass is 477 g/mol. The summed E-state index contributed by atoms with van der Waals surface area (Å²) >= 11 is 0. The van der Waals surface area contributed by atoms with Crippen molar-refractivity contribution < 1.29 is 18.0 Å². The molecule has 9 heteroatoms. The molecule has 2 aromatic heterocycles.